The first-order valence-corrected chi connectivity index (χ1v) is 7.52. The Morgan fingerprint density at radius 1 is 1.29 bits per heavy atom. The molecule has 0 atom stereocenters. The second-order valence-electron chi connectivity index (χ2n) is 4.81. The number of nitrogens with zero attached hydrogens (tertiary/aromatic N) is 3. The van der Waals surface area contributed by atoms with Crippen LogP contribution in [0.15, 0.2) is 24.5 Å². The van der Waals surface area contributed by atoms with Crippen molar-refractivity contribution in [1.29, 1.82) is 0 Å². The highest BCUT2D eigenvalue weighted by Crippen LogP contribution is 2.33. The third-order valence-corrected chi connectivity index (χ3v) is 3.27. The number of rotatable bonds is 7. The highest BCUT2D eigenvalue weighted by atomic mass is 35.5. The molecule has 1 aromatic heterocycles. The van der Waals surface area contributed by atoms with Gasteiger partial charge in [0, 0.05) is 11.6 Å². The lowest BCUT2D eigenvalue weighted by Gasteiger charge is -2.15. The Hall–Kier alpha value is -1.75. The van der Waals surface area contributed by atoms with Crippen molar-refractivity contribution in [3.8, 4) is 11.5 Å². The third-order valence-electron chi connectivity index (χ3n) is 2.99. The summed E-state index contributed by atoms with van der Waals surface area (Å²) in [6.07, 6.45) is 1.54. The molecular formula is C15H20ClN3O2. The van der Waals surface area contributed by atoms with E-state index in [2.05, 4.69) is 23.9 Å². The molecule has 2 aromatic rings. The van der Waals surface area contributed by atoms with Crippen LogP contribution in [-0.4, -0.2) is 21.4 Å². The second kappa shape index (κ2) is 7.31. The highest BCUT2D eigenvalue weighted by molar-refractivity contribution is 6.17. The van der Waals surface area contributed by atoms with Crippen LogP contribution in [0, 0.1) is 0 Å². The monoisotopic (exact) mass is 309 g/mol. The third kappa shape index (κ3) is 3.67. The largest absolute Gasteiger partial charge is 0.490 e. The van der Waals surface area contributed by atoms with Crippen molar-refractivity contribution < 1.29 is 9.47 Å². The van der Waals surface area contributed by atoms with Gasteiger partial charge in [-0.05, 0) is 26.8 Å². The Kier molecular flexibility index (Phi) is 5.44. The number of halogens is 1. The fourth-order valence-corrected chi connectivity index (χ4v) is 2.26. The molecule has 0 aliphatic heterocycles. The molecule has 0 saturated carbocycles. The lowest BCUT2D eigenvalue weighted by molar-refractivity contribution is 0.253. The van der Waals surface area contributed by atoms with Crippen LogP contribution in [0.25, 0.3) is 0 Å². The van der Waals surface area contributed by atoms with E-state index in [0.717, 1.165) is 11.4 Å². The molecule has 0 saturated heterocycles. The normalized spacial score (nSPS) is 10.9. The maximum atomic E-state index is 5.98. The molecule has 1 aromatic carbocycles. The van der Waals surface area contributed by atoms with E-state index in [1.165, 1.54) is 6.33 Å². The van der Waals surface area contributed by atoms with Crippen molar-refractivity contribution in [3.05, 3.63) is 35.9 Å². The van der Waals surface area contributed by atoms with Gasteiger partial charge in [-0.2, -0.15) is 5.10 Å². The molecule has 0 N–H and O–H groups in total. The minimum Gasteiger partial charge on any atom is -0.490 e. The van der Waals surface area contributed by atoms with Crippen molar-refractivity contribution in [2.75, 3.05) is 6.61 Å². The number of para-hydroxylation sites is 1. The van der Waals surface area contributed by atoms with Gasteiger partial charge in [-0.3, -0.25) is 0 Å². The topological polar surface area (TPSA) is 49.2 Å². The quantitative estimate of drug-likeness (QED) is 0.734. The van der Waals surface area contributed by atoms with Gasteiger partial charge in [0.1, 0.15) is 12.9 Å². The van der Waals surface area contributed by atoms with Gasteiger partial charge in [0.05, 0.1) is 12.5 Å². The molecule has 0 amide bonds. The number of hydrogen-bond donors (Lipinski definition) is 0. The Labute approximate surface area is 129 Å². The van der Waals surface area contributed by atoms with Crippen LogP contribution in [-0.2, 0) is 12.5 Å². The van der Waals surface area contributed by atoms with Gasteiger partial charge < -0.3 is 9.47 Å². The zero-order valence-corrected chi connectivity index (χ0v) is 13.3. The summed E-state index contributed by atoms with van der Waals surface area (Å²) in [5.74, 6) is 2.52. The summed E-state index contributed by atoms with van der Waals surface area (Å²) in [6, 6.07) is 5.95. The smallest absolute Gasteiger partial charge is 0.166 e. The Balaban J connectivity index is 2.20. The minimum absolute atomic E-state index is 0.237. The second-order valence-corrected chi connectivity index (χ2v) is 5.08. The Morgan fingerprint density at radius 3 is 2.76 bits per heavy atom. The SMILES string of the molecule is CCOc1cccc(CCl)c1OCc1ncnn1C(C)C. The van der Waals surface area contributed by atoms with Gasteiger partial charge in [-0.25, -0.2) is 9.67 Å². The predicted molar refractivity (Wildman–Crippen MR) is 81.9 cm³/mol. The summed E-state index contributed by atoms with van der Waals surface area (Å²) in [5, 5.41) is 4.20. The van der Waals surface area contributed by atoms with Crippen LogP contribution in [0.3, 0.4) is 0 Å². The van der Waals surface area contributed by atoms with Gasteiger partial charge >= 0.3 is 0 Å². The van der Waals surface area contributed by atoms with Crippen molar-refractivity contribution in [3.63, 3.8) is 0 Å². The summed E-state index contributed by atoms with van der Waals surface area (Å²) >= 11 is 5.98. The van der Waals surface area contributed by atoms with Crippen LogP contribution in [0.1, 0.15) is 38.2 Å². The first kappa shape index (κ1) is 15.6. The van der Waals surface area contributed by atoms with Gasteiger partial charge in [-0.15, -0.1) is 11.6 Å². The summed E-state index contributed by atoms with van der Waals surface area (Å²) < 4.78 is 13.4. The van der Waals surface area contributed by atoms with E-state index in [0.29, 0.717) is 30.6 Å². The zero-order valence-electron chi connectivity index (χ0n) is 12.5. The van der Waals surface area contributed by atoms with E-state index in [4.69, 9.17) is 21.1 Å². The molecule has 0 radical (unpaired) electrons. The van der Waals surface area contributed by atoms with E-state index in [1.807, 2.05) is 29.8 Å². The van der Waals surface area contributed by atoms with Crippen molar-refractivity contribution in [2.45, 2.75) is 39.3 Å². The van der Waals surface area contributed by atoms with E-state index < -0.39 is 0 Å². The van der Waals surface area contributed by atoms with E-state index >= 15 is 0 Å². The van der Waals surface area contributed by atoms with Gasteiger partial charge in [0.2, 0.25) is 0 Å². The standard InChI is InChI=1S/C15H20ClN3O2/c1-4-20-13-7-5-6-12(8-16)15(13)21-9-14-17-10-18-19(14)11(2)3/h5-7,10-11H,4,8-9H2,1-3H3. The molecule has 114 valence electrons. The maximum absolute atomic E-state index is 5.98. The molecule has 0 bridgehead atoms. The number of aromatic nitrogens is 3. The first-order chi connectivity index (χ1) is 10.2. The lowest BCUT2D eigenvalue weighted by atomic mass is 10.2. The minimum atomic E-state index is 0.237. The van der Waals surface area contributed by atoms with Crippen LogP contribution >= 0.6 is 11.6 Å². The molecule has 2 rings (SSSR count). The molecule has 0 aliphatic carbocycles. The average molecular weight is 310 g/mol. The number of benzene rings is 1. The molecule has 5 nitrogen and oxygen atoms in total. The fourth-order valence-electron chi connectivity index (χ4n) is 2.04. The Morgan fingerprint density at radius 2 is 2.10 bits per heavy atom. The molecular weight excluding hydrogens is 290 g/mol. The average Bonchev–Trinajstić information content (AvgIpc) is 2.94. The van der Waals surface area contributed by atoms with E-state index in [9.17, 15) is 0 Å². The van der Waals surface area contributed by atoms with Crippen LogP contribution < -0.4 is 9.47 Å². The van der Waals surface area contributed by atoms with Crippen molar-refractivity contribution >= 4 is 11.6 Å². The van der Waals surface area contributed by atoms with Gasteiger partial charge in [0.15, 0.2) is 17.3 Å². The number of alkyl halides is 1. The molecule has 21 heavy (non-hydrogen) atoms. The fraction of sp³-hybridized carbons (Fsp3) is 0.467. The molecule has 1 heterocycles. The van der Waals surface area contributed by atoms with Crippen molar-refractivity contribution in [1.82, 2.24) is 14.8 Å². The van der Waals surface area contributed by atoms with Crippen molar-refractivity contribution in [2.24, 2.45) is 0 Å². The summed E-state index contributed by atoms with van der Waals surface area (Å²) in [5.41, 5.74) is 0.901. The lowest BCUT2D eigenvalue weighted by Crippen LogP contribution is -2.11. The van der Waals surface area contributed by atoms with E-state index in [1.54, 1.807) is 0 Å². The van der Waals surface area contributed by atoms with Crippen LogP contribution in [0.2, 0.25) is 0 Å². The zero-order chi connectivity index (χ0) is 15.2. The molecule has 0 fully saturated rings. The summed E-state index contributed by atoms with van der Waals surface area (Å²) in [7, 11) is 0. The van der Waals surface area contributed by atoms with Gasteiger partial charge in [-0.1, -0.05) is 12.1 Å². The highest BCUT2D eigenvalue weighted by Gasteiger charge is 2.13. The summed E-state index contributed by atoms with van der Waals surface area (Å²) in [6.45, 7) is 6.94. The molecule has 0 aliphatic rings. The number of hydrogen-bond acceptors (Lipinski definition) is 4. The Bertz CT molecular complexity index is 584. The van der Waals surface area contributed by atoms with Gasteiger partial charge in [0.25, 0.3) is 0 Å². The van der Waals surface area contributed by atoms with Crippen LogP contribution in [0.5, 0.6) is 11.5 Å². The first-order valence-electron chi connectivity index (χ1n) is 6.99. The summed E-state index contributed by atoms with van der Waals surface area (Å²) in [4.78, 5) is 4.24. The molecule has 0 unspecified atom stereocenters. The molecule has 6 heteroatoms. The molecule has 0 spiro atoms. The van der Waals surface area contributed by atoms with E-state index in [-0.39, 0.29) is 6.04 Å². The van der Waals surface area contributed by atoms with Crippen LogP contribution in [0.4, 0.5) is 0 Å². The number of ether oxygens (including phenoxy) is 2. The maximum Gasteiger partial charge on any atom is 0.166 e. The predicted octanol–water partition coefficient (Wildman–Crippen LogP) is 3.58.